The second-order valence-electron chi connectivity index (χ2n) is 6.86. The van der Waals surface area contributed by atoms with Crippen molar-refractivity contribution in [3.63, 3.8) is 0 Å². The van der Waals surface area contributed by atoms with Crippen molar-refractivity contribution in [3.05, 3.63) is 29.8 Å². The molecule has 1 atom stereocenters. The molecule has 2 rings (SSSR count). The topological polar surface area (TPSA) is 61.8 Å². The van der Waals surface area contributed by atoms with Gasteiger partial charge in [-0.15, -0.1) is 0 Å². The molecule has 1 aromatic carbocycles. The van der Waals surface area contributed by atoms with Gasteiger partial charge < -0.3 is 20.1 Å². The van der Waals surface area contributed by atoms with E-state index in [0.29, 0.717) is 19.0 Å². The molecule has 1 fully saturated rings. The van der Waals surface area contributed by atoms with Gasteiger partial charge in [0.15, 0.2) is 0 Å². The zero-order valence-corrected chi connectivity index (χ0v) is 14.5. The number of methoxy groups -OCH3 is 1. The van der Waals surface area contributed by atoms with E-state index in [2.05, 4.69) is 5.32 Å². The van der Waals surface area contributed by atoms with Crippen molar-refractivity contribution in [1.82, 2.24) is 10.2 Å². The molecule has 0 aliphatic heterocycles. The van der Waals surface area contributed by atoms with E-state index in [1.165, 1.54) is 0 Å². The van der Waals surface area contributed by atoms with Gasteiger partial charge in [-0.25, -0.2) is 4.79 Å². The van der Waals surface area contributed by atoms with E-state index in [4.69, 9.17) is 4.74 Å². The summed E-state index contributed by atoms with van der Waals surface area (Å²) in [5.41, 5.74) is 0.198. The first-order valence-electron chi connectivity index (χ1n) is 8.26. The number of ether oxygens (including phenoxy) is 1. The molecule has 0 spiro atoms. The van der Waals surface area contributed by atoms with Crippen LogP contribution in [0, 0.1) is 5.92 Å². The number of hydrogen-bond acceptors (Lipinski definition) is 3. The first-order chi connectivity index (χ1) is 10.8. The maximum absolute atomic E-state index is 12.6. The molecule has 0 radical (unpaired) electrons. The second kappa shape index (κ2) is 7.21. The Labute approximate surface area is 138 Å². The summed E-state index contributed by atoms with van der Waals surface area (Å²) >= 11 is 0. The number of nitrogens with zero attached hydrogens (tertiary/aromatic N) is 1. The van der Waals surface area contributed by atoms with Gasteiger partial charge in [0.05, 0.1) is 25.3 Å². The number of nitrogens with one attached hydrogen (secondary N) is 1. The van der Waals surface area contributed by atoms with Gasteiger partial charge in [0.1, 0.15) is 5.75 Å². The first kappa shape index (κ1) is 17.6. The lowest BCUT2D eigenvalue weighted by Crippen LogP contribution is -2.47. The Kier molecular flexibility index (Phi) is 5.52. The molecule has 5 nitrogen and oxygen atoms in total. The van der Waals surface area contributed by atoms with Gasteiger partial charge in [-0.1, -0.05) is 12.1 Å². The SMILES string of the molecule is CCN(CC(C)(C)O)C(=O)NC(c1ccc(OC)cc1)C1CC1. The summed E-state index contributed by atoms with van der Waals surface area (Å²) in [7, 11) is 1.64. The van der Waals surface area contributed by atoms with Crippen LogP contribution in [0.15, 0.2) is 24.3 Å². The zero-order chi connectivity index (χ0) is 17.0. The number of hydrogen-bond donors (Lipinski definition) is 2. The van der Waals surface area contributed by atoms with E-state index in [-0.39, 0.29) is 12.1 Å². The van der Waals surface area contributed by atoms with E-state index in [9.17, 15) is 9.90 Å². The summed E-state index contributed by atoms with van der Waals surface area (Å²) in [5, 5.41) is 13.1. The number of rotatable bonds is 7. The second-order valence-corrected chi connectivity index (χ2v) is 6.86. The third-order valence-corrected chi connectivity index (χ3v) is 4.09. The van der Waals surface area contributed by atoms with E-state index >= 15 is 0 Å². The number of urea groups is 1. The van der Waals surface area contributed by atoms with Crippen LogP contribution in [0.2, 0.25) is 0 Å². The van der Waals surface area contributed by atoms with Crippen molar-refractivity contribution < 1.29 is 14.6 Å². The molecule has 128 valence electrons. The largest absolute Gasteiger partial charge is 0.497 e. The number of amides is 2. The lowest BCUT2D eigenvalue weighted by Gasteiger charge is -2.30. The Morgan fingerprint density at radius 2 is 2.00 bits per heavy atom. The molecule has 1 saturated carbocycles. The molecule has 1 unspecified atom stereocenters. The Morgan fingerprint density at radius 3 is 2.43 bits per heavy atom. The smallest absolute Gasteiger partial charge is 0.317 e. The van der Waals surface area contributed by atoms with Crippen molar-refractivity contribution in [2.75, 3.05) is 20.2 Å². The van der Waals surface area contributed by atoms with Crippen LogP contribution in [0.5, 0.6) is 5.75 Å². The highest BCUT2D eigenvalue weighted by atomic mass is 16.5. The lowest BCUT2D eigenvalue weighted by atomic mass is 10.0. The van der Waals surface area contributed by atoms with Crippen LogP contribution in [0.25, 0.3) is 0 Å². The van der Waals surface area contributed by atoms with E-state index < -0.39 is 5.60 Å². The normalized spacial score (nSPS) is 15.9. The fraction of sp³-hybridized carbons (Fsp3) is 0.611. The molecular weight excluding hydrogens is 292 g/mol. The highest BCUT2D eigenvalue weighted by Crippen LogP contribution is 2.41. The predicted molar refractivity (Wildman–Crippen MR) is 90.5 cm³/mol. The maximum atomic E-state index is 12.6. The van der Waals surface area contributed by atoms with Crippen molar-refractivity contribution in [2.45, 2.75) is 45.3 Å². The molecule has 1 aromatic rings. The summed E-state index contributed by atoms with van der Waals surface area (Å²) in [4.78, 5) is 14.2. The van der Waals surface area contributed by atoms with Crippen molar-refractivity contribution in [2.24, 2.45) is 5.92 Å². The van der Waals surface area contributed by atoms with E-state index in [1.54, 1.807) is 25.9 Å². The molecular formula is C18H28N2O3. The Hall–Kier alpha value is -1.75. The zero-order valence-electron chi connectivity index (χ0n) is 14.5. The van der Waals surface area contributed by atoms with Gasteiger partial charge in [-0.3, -0.25) is 0 Å². The van der Waals surface area contributed by atoms with Crippen molar-refractivity contribution in [3.8, 4) is 5.75 Å². The Bertz CT molecular complexity index is 518. The Morgan fingerprint density at radius 1 is 1.39 bits per heavy atom. The number of aliphatic hydroxyl groups is 1. The number of carbonyl (C=O) groups excluding carboxylic acids is 1. The Balaban J connectivity index is 2.07. The summed E-state index contributed by atoms with van der Waals surface area (Å²) in [6.07, 6.45) is 2.27. The van der Waals surface area contributed by atoms with E-state index in [0.717, 1.165) is 24.2 Å². The molecule has 2 N–H and O–H groups in total. The van der Waals surface area contributed by atoms with Gasteiger partial charge >= 0.3 is 6.03 Å². The van der Waals surface area contributed by atoms with Crippen molar-refractivity contribution in [1.29, 1.82) is 0 Å². The molecule has 0 bridgehead atoms. The van der Waals surface area contributed by atoms with Crippen LogP contribution in [0.4, 0.5) is 4.79 Å². The summed E-state index contributed by atoms with van der Waals surface area (Å²) in [6.45, 7) is 6.23. The fourth-order valence-corrected chi connectivity index (χ4v) is 2.73. The third-order valence-electron chi connectivity index (χ3n) is 4.09. The molecule has 1 aliphatic carbocycles. The molecule has 0 saturated heterocycles. The monoisotopic (exact) mass is 320 g/mol. The molecule has 23 heavy (non-hydrogen) atoms. The van der Waals surface area contributed by atoms with Crippen molar-refractivity contribution >= 4 is 6.03 Å². The minimum absolute atomic E-state index is 0.0178. The molecule has 2 amide bonds. The van der Waals surface area contributed by atoms with Gasteiger partial charge in [-0.05, 0) is 57.2 Å². The highest BCUT2D eigenvalue weighted by Gasteiger charge is 2.34. The fourth-order valence-electron chi connectivity index (χ4n) is 2.73. The minimum Gasteiger partial charge on any atom is -0.497 e. The maximum Gasteiger partial charge on any atom is 0.317 e. The highest BCUT2D eigenvalue weighted by molar-refractivity contribution is 5.75. The summed E-state index contributed by atoms with van der Waals surface area (Å²) < 4.78 is 5.19. The van der Waals surface area contributed by atoms with Gasteiger partial charge in [-0.2, -0.15) is 0 Å². The summed E-state index contributed by atoms with van der Waals surface area (Å²) in [5.74, 6) is 1.31. The first-order valence-corrected chi connectivity index (χ1v) is 8.26. The van der Waals surface area contributed by atoms with Gasteiger partial charge in [0, 0.05) is 6.54 Å². The van der Waals surface area contributed by atoms with Crippen LogP contribution in [-0.4, -0.2) is 41.8 Å². The quantitative estimate of drug-likeness (QED) is 0.812. The third kappa shape index (κ3) is 5.13. The van der Waals surface area contributed by atoms with Gasteiger partial charge in [0.25, 0.3) is 0 Å². The molecule has 0 aromatic heterocycles. The van der Waals surface area contributed by atoms with Crippen LogP contribution >= 0.6 is 0 Å². The van der Waals surface area contributed by atoms with Crippen LogP contribution in [-0.2, 0) is 0 Å². The van der Waals surface area contributed by atoms with Crippen LogP contribution in [0.1, 0.15) is 45.2 Å². The molecule has 5 heteroatoms. The minimum atomic E-state index is -0.900. The standard InChI is InChI=1S/C18H28N2O3/c1-5-20(12-18(2,3)22)17(21)19-16(13-6-7-13)14-8-10-15(23-4)11-9-14/h8-11,13,16,22H,5-7,12H2,1-4H3,(H,19,21). The van der Waals surface area contributed by atoms with Crippen LogP contribution in [0.3, 0.4) is 0 Å². The number of benzene rings is 1. The average Bonchev–Trinajstić information content (AvgIpc) is 3.34. The summed E-state index contributed by atoms with van der Waals surface area (Å²) in [6, 6.07) is 7.76. The lowest BCUT2D eigenvalue weighted by molar-refractivity contribution is 0.0474. The van der Waals surface area contributed by atoms with E-state index in [1.807, 2.05) is 31.2 Å². The van der Waals surface area contributed by atoms with Gasteiger partial charge in [0.2, 0.25) is 0 Å². The molecule has 0 heterocycles. The number of likely N-dealkylation sites (N-methyl/N-ethyl adjacent to an activating group) is 1. The van der Waals surface area contributed by atoms with Crippen LogP contribution < -0.4 is 10.1 Å². The predicted octanol–water partition coefficient (Wildman–Crippen LogP) is 2.95. The number of carbonyl (C=O) groups is 1. The average molecular weight is 320 g/mol. The molecule has 1 aliphatic rings.